The van der Waals surface area contributed by atoms with Crippen molar-refractivity contribution in [3.63, 3.8) is 0 Å². The van der Waals surface area contributed by atoms with E-state index >= 15 is 0 Å². The maximum absolute atomic E-state index is 11.1. The van der Waals surface area contributed by atoms with E-state index in [1.807, 2.05) is 0 Å². The van der Waals surface area contributed by atoms with Crippen LogP contribution in [-0.2, 0) is 28.7 Å². The SMILES string of the molecule is O=C1CC([C@@H]2CC(=O)OC2=O)C(=O)O1. The summed E-state index contributed by atoms with van der Waals surface area (Å²) in [6, 6.07) is 0. The van der Waals surface area contributed by atoms with Gasteiger partial charge in [-0.25, -0.2) is 0 Å². The average Bonchev–Trinajstić information content (AvgIpc) is 2.55. The van der Waals surface area contributed by atoms with Crippen molar-refractivity contribution in [2.24, 2.45) is 11.8 Å². The van der Waals surface area contributed by atoms with Crippen LogP contribution in [0.5, 0.6) is 0 Å². The van der Waals surface area contributed by atoms with Gasteiger partial charge in [-0.1, -0.05) is 0 Å². The molecule has 0 aliphatic carbocycles. The molecule has 2 aliphatic rings. The molecule has 14 heavy (non-hydrogen) atoms. The number of esters is 4. The molecule has 0 radical (unpaired) electrons. The second kappa shape index (κ2) is 2.90. The van der Waals surface area contributed by atoms with Crippen molar-refractivity contribution < 1.29 is 28.7 Å². The lowest BCUT2D eigenvalue weighted by Crippen LogP contribution is -2.23. The predicted molar refractivity (Wildman–Crippen MR) is 38.4 cm³/mol. The third-order valence-corrected chi connectivity index (χ3v) is 2.29. The van der Waals surface area contributed by atoms with E-state index in [0.717, 1.165) is 0 Å². The van der Waals surface area contributed by atoms with Crippen LogP contribution >= 0.6 is 0 Å². The Kier molecular flexibility index (Phi) is 1.83. The highest BCUT2D eigenvalue weighted by Crippen LogP contribution is 2.31. The molecule has 2 rings (SSSR count). The predicted octanol–water partition coefficient (Wildman–Crippen LogP) is -0.834. The standard InChI is InChI=1S/C8H6O6/c9-5-1-3(7(11)13-5)4-2-6(10)14-8(4)12/h3-4H,1-2H2/t3-,4?/m0/s1. The normalized spacial score (nSPS) is 32.0. The molecule has 0 aromatic heterocycles. The molecule has 2 fully saturated rings. The highest BCUT2D eigenvalue weighted by molar-refractivity contribution is 6.01. The van der Waals surface area contributed by atoms with E-state index in [1.165, 1.54) is 0 Å². The van der Waals surface area contributed by atoms with E-state index in [-0.39, 0.29) is 12.8 Å². The average molecular weight is 198 g/mol. The molecule has 1 unspecified atom stereocenters. The van der Waals surface area contributed by atoms with Gasteiger partial charge >= 0.3 is 23.9 Å². The first kappa shape index (κ1) is 8.86. The first-order valence-electron chi connectivity index (χ1n) is 4.07. The highest BCUT2D eigenvalue weighted by Gasteiger charge is 2.48. The van der Waals surface area contributed by atoms with Crippen molar-refractivity contribution in [1.29, 1.82) is 0 Å². The maximum Gasteiger partial charge on any atom is 0.318 e. The summed E-state index contributed by atoms with van der Waals surface area (Å²) in [5, 5.41) is 0. The Morgan fingerprint density at radius 3 is 1.36 bits per heavy atom. The Labute approximate surface area is 78.2 Å². The van der Waals surface area contributed by atoms with Gasteiger partial charge in [0.15, 0.2) is 0 Å². The van der Waals surface area contributed by atoms with E-state index in [2.05, 4.69) is 9.47 Å². The minimum atomic E-state index is -0.846. The van der Waals surface area contributed by atoms with Crippen LogP contribution in [0.25, 0.3) is 0 Å². The smallest absolute Gasteiger partial charge is 0.318 e. The van der Waals surface area contributed by atoms with Gasteiger partial charge in [0.1, 0.15) is 0 Å². The molecule has 2 aliphatic heterocycles. The van der Waals surface area contributed by atoms with Crippen molar-refractivity contribution >= 4 is 23.9 Å². The van der Waals surface area contributed by atoms with Gasteiger partial charge in [-0.05, 0) is 0 Å². The molecular weight excluding hydrogens is 192 g/mol. The molecule has 2 saturated heterocycles. The first-order chi connectivity index (χ1) is 6.58. The Bertz CT molecular complexity index is 310. The lowest BCUT2D eigenvalue weighted by Gasteiger charge is -2.06. The van der Waals surface area contributed by atoms with Gasteiger partial charge < -0.3 is 9.47 Å². The Hall–Kier alpha value is -1.72. The van der Waals surface area contributed by atoms with E-state index in [4.69, 9.17) is 0 Å². The molecule has 0 amide bonds. The number of carbonyl (C=O) groups is 4. The Morgan fingerprint density at radius 1 is 0.786 bits per heavy atom. The van der Waals surface area contributed by atoms with Crippen LogP contribution in [0.2, 0.25) is 0 Å². The van der Waals surface area contributed by atoms with Gasteiger partial charge in [-0.3, -0.25) is 19.2 Å². The third-order valence-electron chi connectivity index (χ3n) is 2.29. The number of hydrogen-bond acceptors (Lipinski definition) is 6. The van der Waals surface area contributed by atoms with Gasteiger partial charge in [0.2, 0.25) is 0 Å². The zero-order valence-electron chi connectivity index (χ0n) is 7.02. The molecule has 6 heteroatoms. The number of ether oxygens (including phenoxy) is 2. The quantitative estimate of drug-likeness (QED) is 0.403. The summed E-state index contributed by atoms with van der Waals surface area (Å²) in [5.74, 6) is -4.50. The highest BCUT2D eigenvalue weighted by atomic mass is 16.6. The fourth-order valence-electron chi connectivity index (χ4n) is 1.60. The molecule has 0 saturated carbocycles. The van der Waals surface area contributed by atoms with Crippen LogP contribution in [0, 0.1) is 11.8 Å². The van der Waals surface area contributed by atoms with Crippen LogP contribution in [-0.4, -0.2) is 23.9 Å². The fourth-order valence-corrected chi connectivity index (χ4v) is 1.60. The summed E-state index contributed by atoms with van der Waals surface area (Å²) in [4.78, 5) is 43.6. The minimum Gasteiger partial charge on any atom is -0.393 e. The van der Waals surface area contributed by atoms with Crippen LogP contribution in [0.15, 0.2) is 0 Å². The summed E-state index contributed by atoms with van der Waals surface area (Å²) >= 11 is 0. The van der Waals surface area contributed by atoms with Crippen LogP contribution in [0.4, 0.5) is 0 Å². The zero-order valence-corrected chi connectivity index (χ0v) is 7.02. The van der Waals surface area contributed by atoms with Crippen LogP contribution in [0.3, 0.4) is 0 Å². The van der Waals surface area contributed by atoms with Gasteiger partial charge in [0, 0.05) is 0 Å². The lowest BCUT2D eigenvalue weighted by molar-refractivity contribution is -0.158. The van der Waals surface area contributed by atoms with Crippen molar-refractivity contribution in [3.8, 4) is 0 Å². The molecule has 2 heterocycles. The molecule has 6 nitrogen and oxygen atoms in total. The minimum absolute atomic E-state index is 0.147. The number of rotatable bonds is 1. The molecule has 74 valence electrons. The number of hydrogen-bond donors (Lipinski definition) is 0. The number of carbonyl (C=O) groups excluding carboxylic acids is 4. The van der Waals surface area contributed by atoms with E-state index in [1.54, 1.807) is 0 Å². The molecule has 2 atom stereocenters. The van der Waals surface area contributed by atoms with Gasteiger partial charge in [-0.15, -0.1) is 0 Å². The van der Waals surface area contributed by atoms with E-state index < -0.39 is 35.7 Å². The third kappa shape index (κ3) is 1.28. The van der Waals surface area contributed by atoms with Crippen molar-refractivity contribution in [2.75, 3.05) is 0 Å². The summed E-state index contributed by atoms with van der Waals surface area (Å²) in [6.07, 6.45) is -0.294. The molecule has 0 spiro atoms. The van der Waals surface area contributed by atoms with Crippen molar-refractivity contribution in [2.45, 2.75) is 12.8 Å². The van der Waals surface area contributed by atoms with E-state index in [0.29, 0.717) is 0 Å². The van der Waals surface area contributed by atoms with Gasteiger partial charge in [-0.2, -0.15) is 0 Å². The topological polar surface area (TPSA) is 86.7 Å². The monoisotopic (exact) mass is 198 g/mol. The first-order valence-corrected chi connectivity index (χ1v) is 4.07. The molecule has 0 bridgehead atoms. The Balaban J connectivity index is 2.16. The summed E-state index contributed by atoms with van der Waals surface area (Å²) in [7, 11) is 0. The summed E-state index contributed by atoms with van der Waals surface area (Å²) < 4.78 is 8.55. The van der Waals surface area contributed by atoms with Gasteiger partial charge in [0.05, 0.1) is 24.7 Å². The van der Waals surface area contributed by atoms with Crippen LogP contribution in [0.1, 0.15) is 12.8 Å². The zero-order chi connectivity index (χ0) is 10.3. The van der Waals surface area contributed by atoms with Crippen molar-refractivity contribution in [3.05, 3.63) is 0 Å². The lowest BCUT2D eigenvalue weighted by atomic mass is 9.90. The van der Waals surface area contributed by atoms with Gasteiger partial charge in [0.25, 0.3) is 0 Å². The maximum atomic E-state index is 11.1. The molecule has 0 aromatic carbocycles. The largest absolute Gasteiger partial charge is 0.393 e. The Morgan fingerprint density at radius 2 is 1.14 bits per heavy atom. The van der Waals surface area contributed by atoms with Crippen LogP contribution < -0.4 is 0 Å². The second-order valence-electron chi connectivity index (χ2n) is 3.21. The summed E-state index contributed by atoms with van der Waals surface area (Å²) in [5.41, 5.74) is 0. The second-order valence-corrected chi connectivity index (χ2v) is 3.21. The summed E-state index contributed by atoms with van der Waals surface area (Å²) in [6.45, 7) is 0. The molecule has 0 N–H and O–H groups in total. The van der Waals surface area contributed by atoms with Crippen molar-refractivity contribution in [1.82, 2.24) is 0 Å². The molecule has 0 aromatic rings. The van der Waals surface area contributed by atoms with E-state index in [9.17, 15) is 19.2 Å². The molecular formula is C8H6O6. The number of cyclic esters (lactones) is 4. The fraction of sp³-hybridized carbons (Fsp3) is 0.500.